The van der Waals surface area contributed by atoms with E-state index in [4.69, 9.17) is 5.26 Å². The van der Waals surface area contributed by atoms with Crippen LogP contribution in [0.2, 0.25) is 0 Å². The van der Waals surface area contributed by atoms with E-state index < -0.39 is 5.60 Å². The lowest BCUT2D eigenvalue weighted by atomic mass is 9.90. The van der Waals surface area contributed by atoms with E-state index in [2.05, 4.69) is 6.58 Å². The summed E-state index contributed by atoms with van der Waals surface area (Å²) in [5.74, 6) is 0.116. The minimum atomic E-state index is -1.06. The zero-order chi connectivity index (χ0) is 8.32. The fourth-order valence-electron chi connectivity index (χ4n) is 1.72. The van der Waals surface area contributed by atoms with Gasteiger partial charge in [-0.15, -0.1) is 6.58 Å². The van der Waals surface area contributed by atoms with Gasteiger partial charge in [0.1, 0.15) is 0 Å². The third-order valence-corrected chi connectivity index (χ3v) is 2.43. The highest BCUT2D eigenvalue weighted by molar-refractivity contribution is 5.09. The number of rotatable bonds is 2. The molecule has 0 amide bonds. The van der Waals surface area contributed by atoms with Crippen LogP contribution < -0.4 is 0 Å². The summed E-state index contributed by atoms with van der Waals surface area (Å²) >= 11 is 0. The van der Waals surface area contributed by atoms with E-state index in [1.807, 2.05) is 6.07 Å². The Morgan fingerprint density at radius 3 is 3.09 bits per heavy atom. The fourth-order valence-corrected chi connectivity index (χ4v) is 1.72. The van der Waals surface area contributed by atoms with Gasteiger partial charge >= 0.3 is 0 Å². The highest BCUT2D eigenvalue weighted by Gasteiger charge is 2.40. The Hall–Kier alpha value is -0.810. The molecule has 0 aromatic carbocycles. The molecular formula is C9H13NO. The number of hydrogen-bond acceptors (Lipinski definition) is 2. The molecule has 1 aliphatic carbocycles. The van der Waals surface area contributed by atoms with E-state index in [-0.39, 0.29) is 5.92 Å². The van der Waals surface area contributed by atoms with Gasteiger partial charge in [0.2, 0.25) is 0 Å². The van der Waals surface area contributed by atoms with Gasteiger partial charge in [-0.1, -0.05) is 6.08 Å². The second-order valence-electron chi connectivity index (χ2n) is 3.15. The Balaban J connectivity index is 2.65. The van der Waals surface area contributed by atoms with Crippen LogP contribution in [0.15, 0.2) is 12.7 Å². The second kappa shape index (κ2) is 3.06. The molecule has 1 rings (SSSR count). The zero-order valence-corrected chi connectivity index (χ0v) is 6.58. The molecule has 0 saturated heterocycles. The molecule has 1 N–H and O–H groups in total. The lowest BCUT2D eigenvalue weighted by molar-refractivity contribution is 0.0600. The standard InChI is InChI=1S/C9H13NO/c1-2-4-8-5-3-6-9(8,11)7-10/h2,8,11H,1,3-6H2/t8-,9+/m0/s1. The van der Waals surface area contributed by atoms with Crippen LogP contribution in [-0.2, 0) is 0 Å². The molecule has 1 fully saturated rings. The quantitative estimate of drug-likeness (QED) is 0.481. The summed E-state index contributed by atoms with van der Waals surface area (Å²) in [4.78, 5) is 0. The van der Waals surface area contributed by atoms with E-state index >= 15 is 0 Å². The Morgan fingerprint density at radius 2 is 2.55 bits per heavy atom. The largest absolute Gasteiger partial charge is 0.375 e. The minimum absolute atomic E-state index is 0.116. The SMILES string of the molecule is C=CC[C@H]1CCC[C@@]1(O)C#N. The molecule has 1 aliphatic rings. The second-order valence-corrected chi connectivity index (χ2v) is 3.15. The van der Waals surface area contributed by atoms with E-state index in [1.54, 1.807) is 6.08 Å². The van der Waals surface area contributed by atoms with Crippen LogP contribution in [-0.4, -0.2) is 10.7 Å². The van der Waals surface area contributed by atoms with Crippen LogP contribution in [0.5, 0.6) is 0 Å². The predicted octanol–water partition coefficient (Wildman–Crippen LogP) is 1.62. The first-order valence-electron chi connectivity index (χ1n) is 3.97. The lowest BCUT2D eigenvalue weighted by Crippen LogP contribution is -2.30. The van der Waals surface area contributed by atoms with E-state index in [0.717, 1.165) is 19.3 Å². The smallest absolute Gasteiger partial charge is 0.154 e. The van der Waals surface area contributed by atoms with Gasteiger partial charge in [-0.2, -0.15) is 5.26 Å². The molecule has 11 heavy (non-hydrogen) atoms. The van der Waals surface area contributed by atoms with Crippen LogP contribution in [0.25, 0.3) is 0 Å². The molecule has 0 bridgehead atoms. The maximum Gasteiger partial charge on any atom is 0.154 e. The van der Waals surface area contributed by atoms with Gasteiger partial charge < -0.3 is 5.11 Å². The summed E-state index contributed by atoms with van der Waals surface area (Å²) in [6.07, 6.45) is 5.07. The van der Waals surface area contributed by atoms with E-state index in [9.17, 15) is 5.11 Å². The van der Waals surface area contributed by atoms with Crippen molar-refractivity contribution < 1.29 is 5.11 Å². The molecule has 2 nitrogen and oxygen atoms in total. The molecule has 0 aromatic heterocycles. The number of nitrogens with zero attached hydrogens (tertiary/aromatic N) is 1. The molecule has 60 valence electrons. The summed E-state index contributed by atoms with van der Waals surface area (Å²) in [5.41, 5.74) is -1.06. The Kier molecular flexibility index (Phi) is 2.31. The van der Waals surface area contributed by atoms with Crippen LogP contribution in [0.1, 0.15) is 25.7 Å². The number of aliphatic hydroxyl groups is 1. The molecule has 0 heterocycles. The zero-order valence-electron chi connectivity index (χ0n) is 6.58. The van der Waals surface area contributed by atoms with Gasteiger partial charge in [-0.05, 0) is 25.7 Å². The first kappa shape index (κ1) is 8.29. The van der Waals surface area contributed by atoms with Crippen LogP contribution in [0, 0.1) is 17.2 Å². The number of hydrogen-bond donors (Lipinski definition) is 1. The summed E-state index contributed by atoms with van der Waals surface area (Å²) in [7, 11) is 0. The normalized spacial score (nSPS) is 36.5. The van der Waals surface area contributed by atoms with E-state index in [0.29, 0.717) is 6.42 Å². The predicted molar refractivity (Wildman–Crippen MR) is 42.7 cm³/mol. The van der Waals surface area contributed by atoms with Crippen molar-refractivity contribution in [3.05, 3.63) is 12.7 Å². The van der Waals surface area contributed by atoms with Gasteiger partial charge in [0.15, 0.2) is 5.60 Å². The van der Waals surface area contributed by atoms with Crippen molar-refractivity contribution in [2.75, 3.05) is 0 Å². The monoisotopic (exact) mass is 151 g/mol. The summed E-state index contributed by atoms with van der Waals surface area (Å²) in [6.45, 7) is 3.60. The first-order chi connectivity index (χ1) is 5.23. The number of nitriles is 1. The van der Waals surface area contributed by atoms with Gasteiger partial charge in [0.05, 0.1) is 6.07 Å². The third-order valence-electron chi connectivity index (χ3n) is 2.43. The van der Waals surface area contributed by atoms with Gasteiger partial charge in [0, 0.05) is 5.92 Å². The van der Waals surface area contributed by atoms with Crippen molar-refractivity contribution in [1.29, 1.82) is 5.26 Å². The molecule has 1 saturated carbocycles. The van der Waals surface area contributed by atoms with Crippen molar-refractivity contribution in [3.63, 3.8) is 0 Å². The maximum atomic E-state index is 9.68. The van der Waals surface area contributed by atoms with Crippen LogP contribution >= 0.6 is 0 Å². The third kappa shape index (κ3) is 1.44. The fraction of sp³-hybridized carbons (Fsp3) is 0.667. The van der Waals surface area contributed by atoms with Crippen molar-refractivity contribution in [1.82, 2.24) is 0 Å². The first-order valence-corrected chi connectivity index (χ1v) is 3.97. The molecule has 0 unspecified atom stereocenters. The lowest BCUT2D eigenvalue weighted by Gasteiger charge is -2.20. The highest BCUT2D eigenvalue weighted by Crippen LogP contribution is 2.37. The molecule has 0 aliphatic heterocycles. The molecular weight excluding hydrogens is 138 g/mol. The highest BCUT2D eigenvalue weighted by atomic mass is 16.3. The molecule has 2 heteroatoms. The molecule has 0 aromatic rings. The topological polar surface area (TPSA) is 44.0 Å². The van der Waals surface area contributed by atoms with Crippen LogP contribution in [0.4, 0.5) is 0 Å². The van der Waals surface area contributed by atoms with Gasteiger partial charge in [0.25, 0.3) is 0 Å². The summed E-state index contributed by atoms with van der Waals surface area (Å²) < 4.78 is 0. The Bertz CT molecular complexity index is 194. The minimum Gasteiger partial charge on any atom is -0.375 e. The van der Waals surface area contributed by atoms with E-state index in [1.165, 1.54) is 0 Å². The van der Waals surface area contributed by atoms with Crippen molar-refractivity contribution in [3.8, 4) is 6.07 Å². The molecule has 2 atom stereocenters. The average Bonchev–Trinajstić information content (AvgIpc) is 2.35. The Labute approximate surface area is 67.2 Å². The van der Waals surface area contributed by atoms with Gasteiger partial charge in [-0.3, -0.25) is 0 Å². The summed E-state index contributed by atoms with van der Waals surface area (Å²) in [6, 6.07) is 1.98. The average molecular weight is 151 g/mol. The maximum absolute atomic E-state index is 9.68. The van der Waals surface area contributed by atoms with Gasteiger partial charge in [-0.25, -0.2) is 0 Å². The molecule has 0 spiro atoms. The molecule has 0 radical (unpaired) electrons. The summed E-state index contributed by atoms with van der Waals surface area (Å²) in [5, 5.41) is 18.4. The number of allylic oxidation sites excluding steroid dienone is 1. The van der Waals surface area contributed by atoms with Crippen molar-refractivity contribution in [2.24, 2.45) is 5.92 Å². The van der Waals surface area contributed by atoms with Crippen molar-refractivity contribution in [2.45, 2.75) is 31.3 Å². The van der Waals surface area contributed by atoms with Crippen LogP contribution in [0.3, 0.4) is 0 Å². The Morgan fingerprint density at radius 1 is 1.82 bits per heavy atom. The van der Waals surface area contributed by atoms with Crippen molar-refractivity contribution >= 4 is 0 Å².